The zero-order valence-corrected chi connectivity index (χ0v) is 10.8. The third-order valence-corrected chi connectivity index (χ3v) is 3.71. The van der Waals surface area contributed by atoms with Crippen molar-refractivity contribution in [1.82, 2.24) is 5.32 Å². The second kappa shape index (κ2) is 5.37. The first-order valence-electron chi connectivity index (χ1n) is 6.75. The number of rotatable bonds is 3. The summed E-state index contributed by atoms with van der Waals surface area (Å²) in [4.78, 5) is 12.3. The molecule has 2 heteroatoms. The van der Waals surface area contributed by atoms with Crippen molar-refractivity contribution in [2.45, 2.75) is 6.42 Å². The lowest BCUT2D eigenvalue weighted by Crippen LogP contribution is -2.17. The number of nitrogens with one attached hydrogen (secondary N) is 1. The molecule has 0 aromatic heterocycles. The van der Waals surface area contributed by atoms with E-state index in [1.165, 1.54) is 5.56 Å². The number of carbonyl (C=O) groups is 1. The van der Waals surface area contributed by atoms with Crippen LogP contribution in [0.3, 0.4) is 0 Å². The first-order chi connectivity index (χ1) is 9.34. The monoisotopic (exact) mass is 251 g/mol. The molecule has 1 atom stereocenters. The van der Waals surface area contributed by atoms with Gasteiger partial charge in [0.25, 0.3) is 0 Å². The van der Waals surface area contributed by atoms with Crippen LogP contribution in [0.15, 0.2) is 54.6 Å². The molecular formula is C17H17NO. The fourth-order valence-corrected chi connectivity index (χ4v) is 2.57. The SMILES string of the molecule is O=C(c1ccc(-c2ccccc2)cc1)C1CCNC1. The molecule has 0 aliphatic carbocycles. The molecule has 1 unspecified atom stereocenters. The summed E-state index contributed by atoms with van der Waals surface area (Å²) in [5.41, 5.74) is 3.17. The van der Waals surface area contributed by atoms with Crippen molar-refractivity contribution in [2.24, 2.45) is 5.92 Å². The van der Waals surface area contributed by atoms with Gasteiger partial charge in [0.15, 0.2) is 5.78 Å². The second-order valence-corrected chi connectivity index (χ2v) is 5.00. The Balaban J connectivity index is 1.81. The molecule has 1 aliphatic rings. The second-order valence-electron chi connectivity index (χ2n) is 5.00. The Morgan fingerprint density at radius 2 is 1.63 bits per heavy atom. The third-order valence-electron chi connectivity index (χ3n) is 3.71. The van der Waals surface area contributed by atoms with Gasteiger partial charge >= 0.3 is 0 Å². The van der Waals surface area contributed by atoms with Gasteiger partial charge in [0.2, 0.25) is 0 Å². The van der Waals surface area contributed by atoms with Crippen molar-refractivity contribution in [2.75, 3.05) is 13.1 Å². The highest BCUT2D eigenvalue weighted by Gasteiger charge is 2.23. The Kier molecular flexibility index (Phi) is 3.43. The fourth-order valence-electron chi connectivity index (χ4n) is 2.57. The van der Waals surface area contributed by atoms with E-state index in [1.54, 1.807) is 0 Å². The molecule has 2 nitrogen and oxygen atoms in total. The van der Waals surface area contributed by atoms with Gasteiger partial charge in [-0.25, -0.2) is 0 Å². The zero-order chi connectivity index (χ0) is 13.1. The minimum Gasteiger partial charge on any atom is -0.316 e. The molecule has 2 aromatic carbocycles. The largest absolute Gasteiger partial charge is 0.316 e. The molecule has 3 rings (SSSR count). The normalized spacial score (nSPS) is 18.4. The molecule has 0 saturated carbocycles. The van der Waals surface area contributed by atoms with Gasteiger partial charge in [0.1, 0.15) is 0 Å². The topological polar surface area (TPSA) is 29.1 Å². The fraction of sp³-hybridized carbons (Fsp3) is 0.235. The molecule has 0 bridgehead atoms. The van der Waals surface area contributed by atoms with Crippen LogP contribution in [0.1, 0.15) is 16.8 Å². The Labute approximate surface area is 113 Å². The summed E-state index contributed by atoms with van der Waals surface area (Å²) >= 11 is 0. The van der Waals surface area contributed by atoms with E-state index in [9.17, 15) is 4.79 Å². The molecule has 0 radical (unpaired) electrons. The summed E-state index contributed by atoms with van der Waals surface area (Å²) < 4.78 is 0. The maximum absolute atomic E-state index is 12.3. The van der Waals surface area contributed by atoms with Crippen molar-refractivity contribution in [1.29, 1.82) is 0 Å². The van der Waals surface area contributed by atoms with Crippen molar-refractivity contribution in [3.63, 3.8) is 0 Å². The van der Waals surface area contributed by atoms with Crippen LogP contribution >= 0.6 is 0 Å². The Morgan fingerprint density at radius 1 is 0.947 bits per heavy atom. The van der Waals surface area contributed by atoms with Gasteiger partial charge in [0.05, 0.1) is 0 Å². The van der Waals surface area contributed by atoms with Gasteiger partial charge in [-0.3, -0.25) is 4.79 Å². The molecule has 0 amide bonds. The van der Waals surface area contributed by atoms with Gasteiger partial charge in [0, 0.05) is 18.0 Å². The molecule has 1 aliphatic heterocycles. The molecule has 0 spiro atoms. The summed E-state index contributed by atoms with van der Waals surface area (Å²) in [6.07, 6.45) is 0.958. The average molecular weight is 251 g/mol. The van der Waals surface area contributed by atoms with E-state index < -0.39 is 0 Å². The lowest BCUT2D eigenvalue weighted by Gasteiger charge is -2.08. The van der Waals surface area contributed by atoms with E-state index >= 15 is 0 Å². The number of carbonyl (C=O) groups excluding carboxylic acids is 1. The Bertz CT molecular complexity index is 554. The molecule has 1 heterocycles. The predicted octanol–water partition coefficient (Wildman–Crippen LogP) is 3.15. The van der Waals surface area contributed by atoms with Gasteiger partial charge in [-0.15, -0.1) is 0 Å². The molecule has 1 saturated heterocycles. The first kappa shape index (κ1) is 12.1. The maximum Gasteiger partial charge on any atom is 0.167 e. The Hall–Kier alpha value is -1.93. The number of hydrogen-bond acceptors (Lipinski definition) is 2. The zero-order valence-electron chi connectivity index (χ0n) is 10.8. The molecule has 1 N–H and O–H groups in total. The molecule has 2 aromatic rings. The van der Waals surface area contributed by atoms with Crippen LogP contribution in [-0.4, -0.2) is 18.9 Å². The van der Waals surface area contributed by atoms with E-state index in [4.69, 9.17) is 0 Å². The minimum atomic E-state index is 0.155. The number of Topliss-reactive ketones (excluding diaryl/α,β-unsaturated/α-hetero) is 1. The smallest absolute Gasteiger partial charge is 0.167 e. The average Bonchev–Trinajstić information content (AvgIpc) is 3.02. The van der Waals surface area contributed by atoms with Crippen LogP contribution in [0, 0.1) is 5.92 Å². The Morgan fingerprint density at radius 3 is 2.26 bits per heavy atom. The van der Waals surface area contributed by atoms with E-state index in [0.717, 1.165) is 30.6 Å². The highest BCUT2D eigenvalue weighted by molar-refractivity contribution is 5.98. The predicted molar refractivity (Wildman–Crippen MR) is 77.2 cm³/mol. The van der Waals surface area contributed by atoms with Gasteiger partial charge in [-0.2, -0.15) is 0 Å². The van der Waals surface area contributed by atoms with E-state index in [0.29, 0.717) is 0 Å². The van der Waals surface area contributed by atoms with E-state index in [2.05, 4.69) is 17.4 Å². The third kappa shape index (κ3) is 2.59. The maximum atomic E-state index is 12.3. The molecule has 1 fully saturated rings. The standard InChI is InChI=1S/C17H17NO/c19-17(16-10-11-18-12-16)15-8-6-14(7-9-15)13-4-2-1-3-5-13/h1-9,16,18H,10-12H2. The summed E-state index contributed by atoms with van der Waals surface area (Å²) in [6, 6.07) is 18.2. The summed E-state index contributed by atoms with van der Waals surface area (Å²) in [5.74, 6) is 0.423. The van der Waals surface area contributed by atoms with Crippen LogP contribution in [0.25, 0.3) is 11.1 Å². The van der Waals surface area contributed by atoms with E-state index in [-0.39, 0.29) is 11.7 Å². The van der Waals surface area contributed by atoms with Gasteiger partial charge < -0.3 is 5.32 Å². The summed E-state index contributed by atoms with van der Waals surface area (Å²) in [7, 11) is 0. The van der Waals surface area contributed by atoms with Crippen LogP contribution < -0.4 is 5.32 Å². The van der Waals surface area contributed by atoms with Gasteiger partial charge in [-0.05, 0) is 24.1 Å². The molecule has 96 valence electrons. The molecular weight excluding hydrogens is 234 g/mol. The first-order valence-corrected chi connectivity index (χ1v) is 6.75. The molecule has 19 heavy (non-hydrogen) atoms. The van der Waals surface area contributed by atoms with E-state index in [1.807, 2.05) is 42.5 Å². The summed E-state index contributed by atoms with van der Waals surface area (Å²) in [6.45, 7) is 1.78. The van der Waals surface area contributed by atoms with Crippen LogP contribution in [-0.2, 0) is 0 Å². The van der Waals surface area contributed by atoms with Crippen LogP contribution in [0.2, 0.25) is 0 Å². The van der Waals surface area contributed by atoms with Crippen molar-refractivity contribution in [3.05, 3.63) is 60.2 Å². The summed E-state index contributed by atoms with van der Waals surface area (Å²) in [5, 5.41) is 3.24. The highest BCUT2D eigenvalue weighted by Crippen LogP contribution is 2.21. The van der Waals surface area contributed by atoms with Crippen molar-refractivity contribution < 1.29 is 4.79 Å². The lowest BCUT2D eigenvalue weighted by molar-refractivity contribution is 0.0930. The minimum absolute atomic E-state index is 0.155. The van der Waals surface area contributed by atoms with Gasteiger partial charge in [-0.1, -0.05) is 54.6 Å². The quantitative estimate of drug-likeness (QED) is 0.849. The number of ketones is 1. The van der Waals surface area contributed by atoms with Crippen molar-refractivity contribution >= 4 is 5.78 Å². The van der Waals surface area contributed by atoms with Crippen LogP contribution in [0.5, 0.6) is 0 Å². The van der Waals surface area contributed by atoms with Crippen molar-refractivity contribution in [3.8, 4) is 11.1 Å². The number of benzene rings is 2. The highest BCUT2D eigenvalue weighted by atomic mass is 16.1. The van der Waals surface area contributed by atoms with Crippen LogP contribution in [0.4, 0.5) is 0 Å². The lowest BCUT2D eigenvalue weighted by atomic mass is 9.95. The number of hydrogen-bond donors (Lipinski definition) is 1.